The summed E-state index contributed by atoms with van der Waals surface area (Å²) in [5.41, 5.74) is 5.32. The van der Waals surface area contributed by atoms with Gasteiger partial charge in [0.1, 0.15) is 0 Å². The molecule has 2 aromatic rings. The van der Waals surface area contributed by atoms with Crippen LogP contribution in [-0.4, -0.2) is 5.78 Å². The Morgan fingerprint density at radius 3 is 2.47 bits per heavy atom. The van der Waals surface area contributed by atoms with Crippen molar-refractivity contribution in [3.8, 4) is 0 Å². The van der Waals surface area contributed by atoms with Crippen LogP contribution in [0.5, 0.6) is 0 Å². The van der Waals surface area contributed by atoms with E-state index in [4.69, 9.17) is 0 Å². The number of hydrogen-bond acceptors (Lipinski definition) is 1. The second-order valence-electron chi connectivity index (χ2n) is 4.93. The molecule has 0 amide bonds. The number of Topliss-reactive ketones (excluding diaryl/α,β-unsaturated/α-hetero) is 1. The number of benzene rings is 2. The van der Waals surface area contributed by atoms with Crippen LogP contribution in [0.1, 0.15) is 34.0 Å². The number of rotatable bonds is 2. The first-order chi connectivity index (χ1) is 9.28. The lowest BCUT2D eigenvalue weighted by molar-refractivity contribution is 0.104. The maximum atomic E-state index is 12.3. The predicted molar refractivity (Wildman–Crippen MR) is 78.3 cm³/mol. The number of fused-ring (bicyclic) bond motifs is 1. The van der Waals surface area contributed by atoms with Crippen LogP contribution in [0.2, 0.25) is 0 Å². The summed E-state index contributed by atoms with van der Waals surface area (Å²) in [6.45, 7) is 2.14. The minimum atomic E-state index is 0.176. The van der Waals surface area contributed by atoms with Crippen LogP contribution in [0.15, 0.2) is 54.1 Å². The summed E-state index contributed by atoms with van der Waals surface area (Å²) in [6.07, 6.45) is 3.81. The van der Waals surface area contributed by atoms with Crippen molar-refractivity contribution < 1.29 is 4.79 Å². The second kappa shape index (κ2) is 4.85. The fraction of sp³-hybridized carbons (Fsp3) is 0.167. The van der Waals surface area contributed by atoms with Crippen LogP contribution in [0.3, 0.4) is 0 Å². The molecule has 0 aromatic heterocycles. The third-order valence-corrected chi connectivity index (χ3v) is 3.66. The van der Waals surface area contributed by atoms with E-state index in [1.54, 1.807) is 0 Å². The van der Waals surface area contributed by atoms with Crippen LogP contribution in [-0.2, 0) is 12.8 Å². The summed E-state index contributed by atoms with van der Waals surface area (Å²) >= 11 is 0. The Hall–Kier alpha value is -2.15. The number of aryl methyl sites for hydroxylation is 1. The first-order valence-electron chi connectivity index (χ1n) is 6.70. The maximum Gasteiger partial charge on any atom is 0.189 e. The molecule has 1 nitrogen and oxygen atoms in total. The molecule has 2 aromatic carbocycles. The van der Waals surface area contributed by atoms with Gasteiger partial charge in [-0.1, -0.05) is 55.5 Å². The van der Waals surface area contributed by atoms with Crippen LogP contribution in [0.25, 0.3) is 6.08 Å². The van der Waals surface area contributed by atoms with Gasteiger partial charge in [-0.05, 0) is 29.2 Å². The van der Waals surface area contributed by atoms with Gasteiger partial charge in [-0.25, -0.2) is 0 Å². The van der Waals surface area contributed by atoms with Gasteiger partial charge in [-0.15, -0.1) is 0 Å². The van der Waals surface area contributed by atoms with Gasteiger partial charge in [-0.3, -0.25) is 4.79 Å². The second-order valence-corrected chi connectivity index (χ2v) is 4.93. The van der Waals surface area contributed by atoms with Crippen LogP contribution >= 0.6 is 0 Å². The molecule has 1 aliphatic rings. The summed E-state index contributed by atoms with van der Waals surface area (Å²) in [6, 6.07) is 16.3. The van der Waals surface area contributed by atoms with Crippen molar-refractivity contribution in [3.05, 3.63) is 76.4 Å². The lowest BCUT2D eigenvalue weighted by Crippen LogP contribution is -1.94. The van der Waals surface area contributed by atoms with Gasteiger partial charge < -0.3 is 0 Å². The molecule has 0 fully saturated rings. The zero-order valence-electron chi connectivity index (χ0n) is 11.0. The van der Waals surface area contributed by atoms with Crippen LogP contribution in [0.4, 0.5) is 0 Å². The normalized spacial score (nSPS) is 15.8. The Kier molecular flexibility index (Phi) is 3.04. The van der Waals surface area contributed by atoms with Gasteiger partial charge in [0.15, 0.2) is 5.78 Å². The molecule has 1 aliphatic carbocycles. The molecule has 3 rings (SSSR count). The Labute approximate surface area is 113 Å². The molecule has 0 saturated carbocycles. The first-order valence-corrected chi connectivity index (χ1v) is 6.70. The molecule has 0 spiro atoms. The number of hydrogen-bond donors (Lipinski definition) is 0. The Balaban J connectivity index is 1.92. The fourth-order valence-corrected chi connectivity index (χ4v) is 2.52. The predicted octanol–water partition coefficient (Wildman–Crippen LogP) is 4.07. The Morgan fingerprint density at radius 1 is 1.05 bits per heavy atom. The minimum Gasteiger partial charge on any atom is -0.289 e. The lowest BCUT2D eigenvalue weighted by atomic mass is 10.1. The maximum absolute atomic E-state index is 12.3. The summed E-state index contributed by atoms with van der Waals surface area (Å²) in [5, 5.41) is 0. The summed E-state index contributed by atoms with van der Waals surface area (Å²) in [7, 11) is 0. The van der Waals surface area contributed by atoms with E-state index in [-0.39, 0.29) is 5.78 Å². The highest BCUT2D eigenvalue weighted by Crippen LogP contribution is 2.27. The molecule has 0 bridgehead atoms. The van der Waals surface area contributed by atoms with Crippen LogP contribution in [0, 0.1) is 0 Å². The van der Waals surface area contributed by atoms with Crippen molar-refractivity contribution in [2.45, 2.75) is 19.8 Å². The third kappa shape index (κ3) is 2.24. The molecule has 0 N–H and O–H groups in total. The van der Waals surface area contributed by atoms with E-state index in [1.165, 1.54) is 5.56 Å². The minimum absolute atomic E-state index is 0.176. The standard InChI is InChI=1S/C18H16O/c1-2-13-7-9-14(10-8-13)11-16-12-15-5-3-4-6-17(15)18(16)19/h3-11H,2,12H2,1H3/b16-11+. The molecule has 0 unspecified atom stereocenters. The van der Waals surface area contributed by atoms with Crippen molar-refractivity contribution in [2.24, 2.45) is 0 Å². The topological polar surface area (TPSA) is 17.1 Å². The van der Waals surface area contributed by atoms with Gasteiger partial charge >= 0.3 is 0 Å². The molecule has 1 heteroatoms. The van der Waals surface area contributed by atoms with Gasteiger partial charge in [0, 0.05) is 17.6 Å². The number of carbonyl (C=O) groups is 1. The largest absolute Gasteiger partial charge is 0.289 e. The van der Waals surface area contributed by atoms with E-state index in [9.17, 15) is 4.79 Å². The summed E-state index contributed by atoms with van der Waals surface area (Å²) in [4.78, 5) is 12.3. The highest BCUT2D eigenvalue weighted by molar-refractivity contribution is 6.15. The molecule has 94 valence electrons. The molecular weight excluding hydrogens is 232 g/mol. The van der Waals surface area contributed by atoms with Crippen molar-refractivity contribution in [1.82, 2.24) is 0 Å². The van der Waals surface area contributed by atoms with E-state index in [0.29, 0.717) is 0 Å². The van der Waals surface area contributed by atoms with Crippen molar-refractivity contribution in [2.75, 3.05) is 0 Å². The molecule has 19 heavy (non-hydrogen) atoms. The number of ketones is 1. The Bertz CT molecular complexity index is 648. The average molecular weight is 248 g/mol. The molecule has 0 heterocycles. The SMILES string of the molecule is CCc1ccc(/C=C2\Cc3ccccc3C2=O)cc1. The van der Waals surface area contributed by atoms with Gasteiger partial charge in [-0.2, -0.15) is 0 Å². The monoisotopic (exact) mass is 248 g/mol. The van der Waals surface area contributed by atoms with Gasteiger partial charge in [0.05, 0.1) is 0 Å². The van der Waals surface area contributed by atoms with E-state index >= 15 is 0 Å². The van der Waals surface area contributed by atoms with Gasteiger partial charge in [0.25, 0.3) is 0 Å². The summed E-state index contributed by atoms with van der Waals surface area (Å²) < 4.78 is 0. The van der Waals surface area contributed by atoms with E-state index in [1.807, 2.05) is 30.3 Å². The highest BCUT2D eigenvalue weighted by Gasteiger charge is 2.23. The molecule has 0 atom stereocenters. The highest BCUT2D eigenvalue weighted by atomic mass is 16.1. The summed E-state index contributed by atoms with van der Waals surface area (Å²) in [5.74, 6) is 0.176. The van der Waals surface area contributed by atoms with Gasteiger partial charge in [0.2, 0.25) is 0 Å². The molecule has 0 saturated heterocycles. The zero-order chi connectivity index (χ0) is 13.2. The third-order valence-electron chi connectivity index (χ3n) is 3.66. The Morgan fingerprint density at radius 2 is 1.79 bits per heavy atom. The fourth-order valence-electron chi connectivity index (χ4n) is 2.52. The van der Waals surface area contributed by atoms with Crippen molar-refractivity contribution >= 4 is 11.9 Å². The first kappa shape index (κ1) is 11.9. The quantitative estimate of drug-likeness (QED) is 0.732. The van der Waals surface area contributed by atoms with Crippen molar-refractivity contribution in [1.29, 1.82) is 0 Å². The number of carbonyl (C=O) groups excluding carboxylic acids is 1. The molecule has 0 radical (unpaired) electrons. The van der Waals surface area contributed by atoms with Crippen molar-refractivity contribution in [3.63, 3.8) is 0 Å². The van der Waals surface area contributed by atoms with E-state index in [0.717, 1.165) is 35.1 Å². The lowest BCUT2D eigenvalue weighted by Gasteiger charge is -1.99. The average Bonchev–Trinajstić information content (AvgIpc) is 2.77. The molecule has 0 aliphatic heterocycles. The number of allylic oxidation sites excluding steroid dienone is 1. The van der Waals surface area contributed by atoms with E-state index in [2.05, 4.69) is 31.2 Å². The zero-order valence-corrected chi connectivity index (χ0v) is 11.0. The molecular formula is C18H16O. The smallest absolute Gasteiger partial charge is 0.189 e. The van der Waals surface area contributed by atoms with Crippen LogP contribution < -0.4 is 0 Å². The van der Waals surface area contributed by atoms with E-state index < -0.39 is 0 Å².